The van der Waals surface area contributed by atoms with Crippen LogP contribution in [-0.2, 0) is 0 Å². The highest BCUT2D eigenvalue weighted by molar-refractivity contribution is 5.94. The molecule has 0 atom stereocenters. The van der Waals surface area contributed by atoms with Crippen molar-refractivity contribution in [1.82, 2.24) is 0 Å². The third kappa shape index (κ3) is 2.54. The maximum atomic E-state index is 13.8. The van der Waals surface area contributed by atoms with Gasteiger partial charge in [-0.05, 0) is 36.8 Å². The third-order valence-corrected chi connectivity index (χ3v) is 2.84. The summed E-state index contributed by atoms with van der Waals surface area (Å²) in [6.07, 6.45) is 0. The molecule has 0 radical (unpaired) electrons. The number of carbonyl (C=O) groups is 1. The van der Waals surface area contributed by atoms with Crippen molar-refractivity contribution in [2.24, 2.45) is 0 Å². The van der Waals surface area contributed by atoms with Crippen LogP contribution in [0.25, 0.3) is 0 Å². The molecule has 0 unspecified atom stereocenters. The molecule has 0 saturated heterocycles. The van der Waals surface area contributed by atoms with Gasteiger partial charge in [0.25, 0.3) is 0 Å². The van der Waals surface area contributed by atoms with Gasteiger partial charge in [0.1, 0.15) is 11.5 Å². The Morgan fingerprint density at radius 3 is 2.55 bits per heavy atom. The van der Waals surface area contributed by atoms with E-state index in [0.29, 0.717) is 11.3 Å². The molecule has 0 fully saturated rings. The van der Waals surface area contributed by atoms with Crippen molar-refractivity contribution in [3.05, 3.63) is 53.1 Å². The van der Waals surface area contributed by atoms with Gasteiger partial charge in [-0.15, -0.1) is 0 Å². The summed E-state index contributed by atoms with van der Waals surface area (Å²) in [5.41, 5.74) is 5.81. The van der Waals surface area contributed by atoms with Crippen LogP contribution in [-0.4, -0.2) is 11.1 Å². The van der Waals surface area contributed by atoms with Crippen LogP contribution >= 0.6 is 0 Å². The fraction of sp³-hybridized carbons (Fsp3) is 0.0714. The Hall–Kier alpha value is -2.63. The van der Waals surface area contributed by atoms with E-state index in [1.165, 1.54) is 31.2 Å². The van der Waals surface area contributed by atoms with Crippen LogP contribution in [0.1, 0.15) is 15.9 Å². The van der Waals surface area contributed by atoms with E-state index in [0.717, 1.165) is 6.07 Å². The van der Waals surface area contributed by atoms with Crippen molar-refractivity contribution in [3.63, 3.8) is 0 Å². The Kier molecular flexibility index (Phi) is 3.56. The maximum Gasteiger partial charge on any atom is 0.337 e. The van der Waals surface area contributed by atoms with Crippen LogP contribution in [0.3, 0.4) is 0 Å². The molecule has 0 saturated carbocycles. The fourth-order valence-corrected chi connectivity index (χ4v) is 1.75. The normalized spacial score (nSPS) is 10.3. The molecular formula is C14H12F2N2O2. The minimum absolute atomic E-state index is 0.0102. The summed E-state index contributed by atoms with van der Waals surface area (Å²) in [6, 6.07) is 6.45. The van der Waals surface area contributed by atoms with E-state index in [-0.39, 0.29) is 16.9 Å². The number of carboxylic acids is 1. The number of aromatic carboxylic acids is 1. The standard InChI is InChI=1S/C14H12F2N2O2/c1-7-2-5-10(15)13(12(7)16)18-8-3-4-9(14(19)20)11(17)6-8/h2-6,18H,17H2,1H3,(H,19,20). The van der Waals surface area contributed by atoms with Gasteiger partial charge < -0.3 is 16.2 Å². The Balaban J connectivity index is 2.39. The summed E-state index contributed by atoms with van der Waals surface area (Å²) in [6.45, 7) is 1.52. The fourth-order valence-electron chi connectivity index (χ4n) is 1.75. The highest BCUT2D eigenvalue weighted by Crippen LogP contribution is 2.27. The lowest BCUT2D eigenvalue weighted by Gasteiger charge is -2.11. The lowest BCUT2D eigenvalue weighted by atomic mass is 10.1. The molecule has 6 heteroatoms. The zero-order valence-electron chi connectivity index (χ0n) is 10.6. The van der Waals surface area contributed by atoms with Crippen LogP contribution in [0.2, 0.25) is 0 Å². The van der Waals surface area contributed by atoms with Gasteiger partial charge in [-0.2, -0.15) is 0 Å². The summed E-state index contributed by atoms with van der Waals surface area (Å²) in [4.78, 5) is 10.8. The average Bonchev–Trinajstić information content (AvgIpc) is 2.39. The van der Waals surface area contributed by atoms with Crippen LogP contribution in [0.5, 0.6) is 0 Å². The molecule has 2 rings (SSSR count). The highest BCUT2D eigenvalue weighted by atomic mass is 19.1. The number of carboxylic acid groups (broad SMARTS) is 1. The summed E-state index contributed by atoms with van der Waals surface area (Å²) in [5, 5.41) is 11.4. The van der Waals surface area contributed by atoms with Gasteiger partial charge in [0.15, 0.2) is 5.82 Å². The SMILES string of the molecule is Cc1ccc(F)c(Nc2ccc(C(=O)O)c(N)c2)c1F. The number of anilines is 3. The molecule has 0 aliphatic heterocycles. The number of rotatable bonds is 3. The van der Waals surface area contributed by atoms with Crippen molar-refractivity contribution < 1.29 is 18.7 Å². The highest BCUT2D eigenvalue weighted by Gasteiger charge is 2.13. The monoisotopic (exact) mass is 278 g/mol. The Morgan fingerprint density at radius 1 is 1.25 bits per heavy atom. The lowest BCUT2D eigenvalue weighted by Crippen LogP contribution is -2.04. The number of nitrogens with one attached hydrogen (secondary N) is 1. The van der Waals surface area contributed by atoms with Crippen molar-refractivity contribution in [3.8, 4) is 0 Å². The second-order valence-corrected chi connectivity index (χ2v) is 4.29. The van der Waals surface area contributed by atoms with E-state index >= 15 is 0 Å². The molecule has 0 bridgehead atoms. The first-order chi connectivity index (χ1) is 9.40. The molecular weight excluding hydrogens is 266 g/mol. The molecule has 0 amide bonds. The quantitative estimate of drug-likeness (QED) is 0.753. The number of hydrogen-bond acceptors (Lipinski definition) is 3. The van der Waals surface area contributed by atoms with Crippen LogP contribution < -0.4 is 11.1 Å². The predicted molar refractivity (Wildman–Crippen MR) is 72.2 cm³/mol. The van der Waals surface area contributed by atoms with E-state index in [2.05, 4.69) is 5.32 Å². The van der Waals surface area contributed by atoms with E-state index in [4.69, 9.17) is 10.8 Å². The maximum absolute atomic E-state index is 13.8. The zero-order chi connectivity index (χ0) is 14.9. The Bertz CT molecular complexity index is 687. The molecule has 4 N–H and O–H groups in total. The second kappa shape index (κ2) is 5.16. The Morgan fingerprint density at radius 2 is 1.95 bits per heavy atom. The van der Waals surface area contributed by atoms with E-state index in [9.17, 15) is 13.6 Å². The largest absolute Gasteiger partial charge is 0.478 e. The summed E-state index contributed by atoms with van der Waals surface area (Å²) >= 11 is 0. The number of nitrogen functional groups attached to an aromatic ring is 1. The molecule has 20 heavy (non-hydrogen) atoms. The van der Waals surface area contributed by atoms with Gasteiger partial charge >= 0.3 is 5.97 Å². The van der Waals surface area contributed by atoms with Crippen LogP contribution in [0, 0.1) is 18.6 Å². The minimum Gasteiger partial charge on any atom is -0.478 e. The average molecular weight is 278 g/mol. The van der Waals surface area contributed by atoms with Crippen molar-refractivity contribution >= 4 is 23.0 Å². The molecule has 0 aromatic heterocycles. The third-order valence-electron chi connectivity index (χ3n) is 2.84. The molecule has 2 aromatic carbocycles. The van der Waals surface area contributed by atoms with Crippen molar-refractivity contribution in [1.29, 1.82) is 0 Å². The lowest BCUT2D eigenvalue weighted by molar-refractivity contribution is 0.0698. The summed E-state index contributed by atoms with van der Waals surface area (Å²) < 4.78 is 27.4. The first-order valence-electron chi connectivity index (χ1n) is 5.74. The number of halogens is 2. The molecule has 0 aliphatic rings. The number of benzene rings is 2. The van der Waals surface area contributed by atoms with Crippen LogP contribution in [0.4, 0.5) is 25.8 Å². The second-order valence-electron chi connectivity index (χ2n) is 4.29. The molecule has 0 spiro atoms. The molecule has 4 nitrogen and oxygen atoms in total. The summed E-state index contributed by atoms with van der Waals surface area (Å²) in [7, 11) is 0. The number of aryl methyl sites for hydroxylation is 1. The van der Waals surface area contributed by atoms with Gasteiger partial charge in [-0.1, -0.05) is 6.07 Å². The van der Waals surface area contributed by atoms with Gasteiger partial charge in [0.2, 0.25) is 0 Å². The smallest absolute Gasteiger partial charge is 0.337 e. The van der Waals surface area contributed by atoms with Gasteiger partial charge in [0, 0.05) is 11.4 Å². The zero-order valence-corrected chi connectivity index (χ0v) is 10.6. The molecule has 2 aromatic rings. The molecule has 0 aliphatic carbocycles. The first kappa shape index (κ1) is 13.8. The number of hydrogen-bond donors (Lipinski definition) is 3. The van der Waals surface area contributed by atoms with E-state index in [1.807, 2.05) is 0 Å². The molecule has 0 heterocycles. The minimum atomic E-state index is -1.16. The van der Waals surface area contributed by atoms with Crippen molar-refractivity contribution in [2.45, 2.75) is 6.92 Å². The van der Waals surface area contributed by atoms with Crippen LogP contribution in [0.15, 0.2) is 30.3 Å². The first-order valence-corrected chi connectivity index (χ1v) is 5.74. The van der Waals surface area contributed by atoms with Gasteiger partial charge in [-0.3, -0.25) is 0 Å². The topological polar surface area (TPSA) is 75.3 Å². The molecule has 104 valence electrons. The van der Waals surface area contributed by atoms with Gasteiger partial charge in [-0.25, -0.2) is 13.6 Å². The summed E-state index contributed by atoms with van der Waals surface area (Å²) in [5.74, 6) is -2.61. The van der Waals surface area contributed by atoms with Gasteiger partial charge in [0.05, 0.1) is 5.56 Å². The predicted octanol–water partition coefficient (Wildman–Crippen LogP) is 3.30. The number of nitrogens with two attached hydrogens (primary N) is 1. The van der Waals surface area contributed by atoms with Crippen molar-refractivity contribution in [2.75, 3.05) is 11.1 Å². The Labute approximate surface area is 113 Å². The van der Waals surface area contributed by atoms with E-state index < -0.39 is 17.6 Å². The van der Waals surface area contributed by atoms with E-state index in [1.54, 1.807) is 0 Å².